The Labute approximate surface area is 427 Å². The van der Waals surface area contributed by atoms with Crippen LogP contribution in [0.15, 0.2) is 85.1 Å². The molecule has 6 amide bonds. The van der Waals surface area contributed by atoms with Gasteiger partial charge in [0.05, 0.1) is 0 Å². The highest BCUT2D eigenvalue weighted by atomic mass is 16.2. The lowest BCUT2D eigenvalue weighted by molar-refractivity contribution is -0.147. The molecule has 0 spiro atoms. The van der Waals surface area contributed by atoms with Crippen molar-refractivity contribution >= 4 is 57.9 Å². The zero-order valence-electron chi connectivity index (χ0n) is 44.2. The first-order valence-electron chi connectivity index (χ1n) is 27.2. The largest absolute Gasteiger partial charge is 0.356 e. The first-order chi connectivity index (χ1) is 35.7. The van der Waals surface area contributed by atoms with Crippen LogP contribution in [0.5, 0.6) is 0 Å². The minimum Gasteiger partial charge on any atom is -0.356 e. The summed E-state index contributed by atoms with van der Waals surface area (Å²) in [6.07, 6.45) is 7.92. The highest BCUT2D eigenvalue weighted by molar-refractivity contribution is 6.09. The zero-order valence-corrected chi connectivity index (χ0v) is 42.2. The molecule has 0 bridgehead atoms. The molecular weight excluding hydrogens is 911 g/mol. The molecule has 1 aromatic heterocycles. The average Bonchev–Trinajstić information content (AvgIpc) is 3.76. The van der Waals surface area contributed by atoms with Crippen molar-refractivity contribution in [3.05, 3.63) is 107 Å². The second kappa shape index (κ2) is 27.8. The third-order valence-corrected chi connectivity index (χ3v) is 13.9. The van der Waals surface area contributed by atoms with E-state index in [0.717, 1.165) is 36.6 Å². The Bertz CT molecular complexity index is 2570. The van der Waals surface area contributed by atoms with Gasteiger partial charge in [-0.1, -0.05) is 126 Å². The van der Waals surface area contributed by atoms with Crippen molar-refractivity contribution in [2.75, 3.05) is 19.6 Å². The van der Waals surface area contributed by atoms with Gasteiger partial charge in [0.1, 0.15) is 36.5 Å². The van der Waals surface area contributed by atoms with E-state index in [0.29, 0.717) is 99.7 Å². The third-order valence-electron chi connectivity index (χ3n) is 13.9. The number of piperidine rings is 1. The SMILES string of the molecule is [2H]C(C(=O)NCCCCCCNC(=O)Cn1cc(C[C@@H]2NC(=O)[C@H](CCCCCC(=O)CC)NC(=O)C3CCCCN3C(=O)[C@H](C(C)CC)NC2=O)c2ccccc21)C([2H])c1ccc(C(=O)c2ccccc2)cc1. The molecule has 2 fully saturated rings. The van der Waals surface area contributed by atoms with Crippen LogP contribution in [0, 0.1) is 5.92 Å². The number of aromatic nitrogens is 1. The molecule has 4 aromatic rings. The van der Waals surface area contributed by atoms with Crippen LogP contribution in [-0.4, -0.2) is 100 Å². The van der Waals surface area contributed by atoms with Crippen LogP contribution in [0.4, 0.5) is 0 Å². The number of hydrogen-bond donors (Lipinski definition) is 5. The number of fused-ring (bicyclic) bond motifs is 2. The Morgan fingerprint density at radius 2 is 1.38 bits per heavy atom. The van der Waals surface area contributed by atoms with E-state index in [1.54, 1.807) is 53.4 Å². The molecule has 15 heteroatoms. The molecule has 3 heterocycles. The summed E-state index contributed by atoms with van der Waals surface area (Å²) >= 11 is 0. The van der Waals surface area contributed by atoms with E-state index in [-0.39, 0.29) is 48.7 Å². The fourth-order valence-corrected chi connectivity index (χ4v) is 9.45. The first kappa shape index (κ1) is 51.7. The van der Waals surface area contributed by atoms with Crippen molar-refractivity contribution in [1.29, 1.82) is 0 Å². The fourth-order valence-electron chi connectivity index (χ4n) is 9.45. The molecule has 15 nitrogen and oxygen atoms in total. The van der Waals surface area contributed by atoms with Crippen molar-refractivity contribution in [2.24, 2.45) is 5.92 Å². The summed E-state index contributed by atoms with van der Waals surface area (Å²) in [4.78, 5) is 110. The van der Waals surface area contributed by atoms with Gasteiger partial charge < -0.3 is 36.1 Å². The van der Waals surface area contributed by atoms with E-state index in [1.165, 1.54) is 0 Å². The number of nitrogens with zero attached hydrogens (tertiary/aromatic N) is 2. The first-order valence-corrected chi connectivity index (χ1v) is 26.1. The van der Waals surface area contributed by atoms with E-state index in [2.05, 4.69) is 26.6 Å². The van der Waals surface area contributed by atoms with Gasteiger partial charge in [0.25, 0.3) is 0 Å². The number of carbonyl (C=O) groups excluding carboxylic acids is 8. The zero-order chi connectivity index (χ0) is 53.1. The standard InChI is InChI=1S/C57H75N7O8/c1-4-39(3)52-57(72)64-35-19-16-26-49(64)56(71)60-46(24-13-9-12-22-44(65)5-2)54(69)61-47(55(70)62-52)36-43-37-63(48-25-15-14-23-45(43)48)38-51(67)59-34-18-7-6-17-33-58-50(66)32-29-40-27-30-42(31-28-40)53(68)41-20-10-8-11-21-41/h8,10-11,14-15,20-21,23,25,27-28,30-31,37,39,46-47,49,52H,4-7,9,12-13,16-19,22,24,26,29,32-36,38H2,1-3H3,(H,58,66)(H,59,67)(H,60,71)(H,61,69)(H,62,70)/t39?,46-,47-,49?,52-/m0/s1/i29D,32D/t29?,32?,39?,46-,47-,49?,52-. The van der Waals surface area contributed by atoms with Crippen molar-refractivity contribution < 1.29 is 41.1 Å². The Balaban J connectivity index is 1.02. The van der Waals surface area contributed by atoms with Crippen LogP contribution in [0.2, 0.25) is 0 Å². The molecule has 72 heavy (non-hydrogen) atoms. The van der Waals surface area contributed by atoms with Gasteiger partial charge in [-0.25, -0.2) is 0 Å². The molecule has 5 N–H and O–H groups in total. The lowest BCUT2D eigenvalue weighted by atomic mass is 9.93. The van der Waals surface area contributed by atoms with Crippen LogP contribution in [0.1, 0.15) is 147 Å². The minimum absolute atomic E-state index is 0.00341. The smallest absolute Gasteiger partial charge is 0.246 e. The monoisotopic (exact) mass is 988 g/mol. The summed E-state index contributed by atoms with van der Waals surface area (Å²) < 4.78 is 18.7. The number of hydrogen-bond acceptors (Lipinski definition) is 8. The Hall–Kier alpha value is -6.64. The number of amides is 6. The normalized spacial score (nSPS) is 20.2. The number of unbranched alkanes of at least 4 members (excludes halogenated alkanes) is 5. The summed E-state index contributed by atoms with van der Waals surface area (Å²) in [5, 5.41) is 15.5. The van der Waals surface area contributed by atoms with E-state index in [4.69, 9.17) is 2.74 Å². The van der Waals surface area contributed by atoms with Crippen LogP contribution >= 0.6 is 0 Å². The highest BCUT2D eigenvalue weighted by Crippen LogP contribution is 2.25. The number of benzene rings is 3. The van der Waals surface area contributed by atoms with E-state index in [9.17, 15) is 38.4 Å². The quantitative estimate of drug-likeness (QED) is 0.0358. The van der Waals surface area contributed by atoms with Gasteiger partial charge >= 0.3 is 0 Å². The van der Waals surface area contributed by atoms with Crippen molar-refractivity contribution in [2.45, 2.75) is 161 Å². The number of para-hydroxylation sites is 1. The number of nitrogens with one attached hydrogen (secondary N) is 5. The maximum absolute atomic E-state index is 14.5. The molecular formula is C57H75N7O8. The number of carbonyl (C=O) groups is 8. The van der Waals surface area contributed by atoms with Crippen LogP contribution in [0.3, 0.4) is 0 Å². The van der Waals surface area contributed by atoms with E-state index >= 15 is 0 Å². The lowest BCUT2D eigenvalue weighted by Gasteiger charge is -2.39. The predicted molar refractivity (Wildman–Crippen MR) is 278 cm³/mol. The summed E-state index contributed by atoms with van der Waals surface area (Å²) in [7, 11) is 0. The molecule has 2 saturated heterocycles. The van der Waals surface area contributed by atoms with E-state index in [1.807, 2.05) is 61.9 Å². The summed E-state index contributed by atoms with van der Waals surface area (Å²) in [6, 6.07) is 19.1. The highest BCUT2D eigenvalue weighted by Gasteiger charge is 2.41. The van der Waals surface area contributed by atoms with Gasteiger partial charge in [-0.05, 0) is 74.5 Å². The molecule has 0 saturated carbocycles. The second-order valence-corrected chi connectivity index (χ2v) is 19.2. The predicted octanol–water partition coefficient (Wildman–Crippen LogP) is 6.67. The van der Waals surface area contributed by atoms with Gasteiger partial charge in [-0.15, -0.1) is 0 Å². The van der Waals surface area contributed by atoms with Crippen LogP contribution < -0.4 is 26.6 Å². The maximum atomic E-state index is 14.5. The van der Waals surface area contributed by atoms with Crippen molar-refractivity contribution in [3.63, 3.8) is 0 Å². The third kappa shape index (κ3) is 15.7. The Morgan fingerprint density at radius 3 is 2.10 bits per heavy atom. The molecule has 7 atom stereocenters. The van der Waals surface area contributed by atoms with Crippen LogP contribution in [0.25, 0.3) is 10.9 Å². The Morgan fingerprint density at radius 1 is 0.722 bits per heavy atom. The maximum Gasteiger partial charge on any atom is 0.246 e. The number of rotatable bonds is 25. The van der Waals surface area contributed by atoms with Crippen LogP contribution in [-0.2, 0) is 52.9 Å². The minimum atomic E-state index is -1.34. The molecule has 386 valence electrons. The number of ketones is 2. The molecule has 6 rings (SSSR count). The molecule has 4 unspecified atom stereocenters. The van der Waals surface area contributed by atoms with Crippen molar-refractivity contribution in [3.8, 4) is 0 Å². The van der Waals surface area contributed by atoms with Gasteiger partial charge in [0.2, 0.25) is 35.4 Å². The van der Waals surface area contributed by atoms with E-state index < -0.39 is 60.6 Å². The summed E-state index contributed by atoms with van der Waals surface area (Å²) in [6.45, 7) is 6.80. The molecule has 2 aliphatic rings. The molecule has 0 aliphatic carbocycles. The van der Waals surface area contributed by atoms with Crippen molar-refractivity contribution in [1.82, 2.24) is 36.1 Å². The van der Waals surface area contributed by atoms with Gasteiger partial charge in [-0.2, -0.15) is 0 Å². The average molecular weight is 988 g/mol. The fraction of sp³-hybridized carbons (Fsp3) is 0.509. The molecule has 3 aromatic carbocycles. The summed E-state index contributed by atoms with van der Waals surface area (Å²) in [5.41, 5.74) is 2.96. The molecule has 2 aliphatic heterocycles. The van der Waals surface area contributed by atoms with Gasteiger partial charge in [0.15, 0.2) is 5.78 Å². The second-order valence-electron chi connectivity index (χ2n) is 19.2. The molecule has 0 radical (unpaired) electrons. The number of aryl methyl sites for hydroxylation is 1. The lowest BCUT2D eigenvalue weighted by Crippen LogP contribution is -2.64. The van der Waals surface area contributed by atoms with Gasteiger partial charge in [-0.3, -0.25) is 38.4 Å². The topological polar surface area (TPSA) is 205 Å². The number of Topliss-reactive ketones (excluding diaryl/α,β-unsaturated/α-hetero) is 1. The van der Waals surface area contributed by atoms with Gasteiger partial charge in [0, 0.05) is 76.3 Å². The Kier molecular flexibility index (Phi) is 20.0. The summed E-state index contributed by atoms with van der Waals surface area (Å²) in [5.74, 6) is -2.74.